The standard InChI is InChI=1S/C15H23NO3/c1-2-3-4-5-6-7-12-19-13-14-8-10-15(11-9-14)16(17)18/h8-11H,2-7,12-13H2,1H3. The lowest BCUT2D eigenvalue weighted by Crippen LogP contribution is -1.96. The molecule has 0 heterocycles. The Labute approximate surface area is 114 Å². The number of non-ortho nitro benzene ring substituents is 1. The normalized spacial score (nSPS) is 10.6. The SMILES string of the molecule is CCCCCCCCOCc1ccc([N+](=O)[O-])cc1. The fourth-order valence-electron chi connectivity index (χ4n) is 1.89. The monoisotopic (exact) mass is 265 g/mol. The lowest BCUT2D eigenvalue weighted by atomic mass is 10.1. The van der Waals surface area contributed by atoms with E-state index in [4.69, 9.17) is 4.74 Å². The van der Waals surface area contributed by atoms with Crippen molar-refractivity contribution in [2.75, 3.05) is 6.61 Å². The minimum absolute atomic E-state index is 0.125. The summed E-state index contributed by atoms with van der Waals surface area (Å²) < 4.78 is 5.56. The van der Waals surface area contributed by atoms with E-state index in [1.807, 2.05) is 0 Å². The van der Waals surface area contributed by atoms with E-state index in [0.29, 0.717) is 6.61 Å². The average molecular weight is 265 g/mol. The maximum Gasteiger partial charge on any atom is 0.269 e. The molecule has 0 aliphatic rings. The van der Waals surface area contributed by atoms with E-state index in [0.717, 1.165) is 18.6 Å². The Kier molecular flexibility index (Phi) is 7.82. The summed E-state index contributed by atoms with van der Waals surface area (Å²) in [6, 6.07) is 6.53. The molecule has 0 atom stereocenters. The van der Waals surface area contributed by atoms with E-state index in [-0.39, 0.29) is 10.6 Å². The number of rotatable bonds is 10. The summed E-state index contributed by atoms with van der Waals surface area (Å²) in [5.41, 5.74) is 1.11. The summed E-state index contributed by atoms with van der Waals surface area (Å²) in [6.45, 7) is 3.52. The Balaban J connectivity index is 2.07. The topological polar surface area (TPSA) is 52.4 Å². The van der Waals surface area contributed by atoms with E-state index in [2.05, 4.69) is 6.92 Å². The van der Waals surface area contributed by atoms with Crippen molar-refractivity contribution in [2.45, 2.75) is 52.1 Å². The maximum atomic E-state index is 10.5. The number of ether oxygens (including phenoxy) is 1. The minimum Gasteiger partial charge on any atom is -0.377 e. The number of unbranched alkanes of at least 4 members (excludes halogenated alkanes) is 5. The highest BCUT2D eigenvalue weighted by molar-refractivity contribution is 5.32. The predicted molar refractivity (Wildman–Crippen MR) is 76.1 cm³/mol. The quantitative estimate of drug-likeness (QED) is 0.356. The van der Waals surface area contributed by atoms with Gasteiger partial charge in [-0.25, -0.2) is 0 Å². The smallest absolute Gasteiger partial charge is 0.269 e. The molecule has 0 aliphatic carbocycles. The van der Waals surface area contributed by atoms with Gasteiger partial charge in [0.05, 0.1) is 11.5 Å². The molecule has 106 valence electrons. The lowest BCUT2D eigenvalue weighted by molar-refractivity contribution is -0.384. The third-order valence-corrected chi connectivity index (χ3v) is 3.06. The van der Waals surface area contributed by atoms with Crippen LogP contribution in [-0.2, 0) is 11.3 Å². The van der Waals surface area contributed by atoms with Crippen LogP contribution in [0, 0.1) is 10.1 Å². The molecule has 0 saturated heterocycles. The van der Waals surface area contributed by atoms with Crippen LogP contribution in [0.2, 0.25) is 0 Å². The molecule has 19 heavy (non-hydrogen) atoms. The van der Waals surface area contributed by atoms with Crippen LogP contribution in [0.4, 0.5) is 5.69 Å². The number of hydrogen-bond acceptors (Lipinski definition) is 3. The van der Waals surface area contributed by atoms with Gasteiger partial charge in [0.1, 0.15) is 0 Å². The molecule has 0 N–H and O–H groups in total. The second kappa shape index (κ2) is 9.50. The summed E-state index contributed by atoms with van der Waals surface area (Å²) in [7, 11) is 0. The number of nitro groups is 1. The van der Waals surface area contributed by atoms with Crippen molar-refractivity contribution < 1.29 is 9.66 Å². The van der Waals surface area contributed by atoms with Gasteiger partial charge in [0.2, 0.25) is 0 Å². The summed E-state index contributed by atoms with van der Waals surface area (Å²) in [5, 5.41) is 10.5. The van der Waals surface area contributed by atoms with Gasteiger partial charge in [-0.2, -0.15) is 0 Å². The third kappa shape index (κ3) is 6.91. The molecule has 0 bridgehead atoms. The van der Waals surface area contributed by atoms with Gasteiger partial charge in [-0.05, 0) is 24.1 Å². The molecule has 0 saturated carbocycles. The van der Waals surface area contributed by atoms with Gasteiger partial charge < -0.3 is 4.74 Å². The molecule has 0 radical (unpaired) electrons. The van der Waals surface area contributed by atoms with Crippen LogP contribution >= 0.6 is 0 Å². The second-order valence-corrected chi connectivity index (χ2v) is 4.74. The Morgan fingerprint density at radius 2 is 1.68 bits per heavy atom. The Morgan fingerprint density at radius 3 is 2.32 bits per heavy atom. The molecule has 1 rings (SSSR count). The molecule has 0 spiro atoms. The molecule has 0 aromatic heterocycles. The minimum atomic E-state index is -0.388. The van der Waals surface area contributed by atoms with Crippen LogP contribution in [0.1, 0.15) is 51.0 Å². The van der Waals surface area contributed by atoms with E-state index in [1.165, 1.54) is 44.2 Å². The van der Waals surface area contributed by atoms with Gasteiger partial charge in [0.25, 0.3) is 5.69 Å². The van der Waals surface area contributed by atoms with Crippen LogP contribution in [-0.4, -0.2) is 11.5 Å². The molecule has 4 nitrogen and oxygen atoms in total. The van der Waals surface area contributed by atoms with Crippen molar-refractivity contribution in [1.29, 1.82) is 0 Å². The van der Waals surface area contributed by atoms with Crippen molar-refractivity contribution >= 4 is 5.69 Å². The number of nitro benzene ring substituents is 1. The van der Waals surface area contributed by atoms with Crippen molar-refractivity contribution in [3.63, 3.8) is 0 Å². The van der Waals surface area contributed by atoms with Crippen molar-refractivity contribution in [2.24, 2.45) is 0 Å². The first-order valence-electron chi connectivity index (χ1n) is 7.05. The molecule has 1 aromatic rings. The summed E-state index contributed by atoms with van der Waals surface area (Å²) >= 11 is 0. The fraction of sp³-hybridized carbons (Fsp3) is 0.600. The summed E-state index contributed by atoms with van der Waals surface area (Å²) in [5.74, 6) is 0. The van der Waals surface area contributed by atoms with Gasteiger partial charge in [-0.1, -0.05) is 39.0 Å². The zero-order chi connectivity index (χ0) is 13.9. The van der Waals surface area contributed by atoms with Gasteiger partial charge >= 0.3 is 0 Å². The van der Waals surface area contributed by atoms with Crippen LogP contribution in [0.3, 0.4) is 0 Å². The molecular formula is C15H23NO3. The lowest BCUT2D eigenvalue weighted by Gasteiger charge is -2.04. The van der Waals surface area contributed by atoms with Gasteiger partial charge in [0.15, 0.2) is 0 Å². The zero-order valence-corrected chi connectivity index (χ0v) is 11.6. The first-order valence-corrected chi connectivity index (χ1v) is 7.05. The van der Waals surface area contributed by atoms with Gasteiger partial charge in [-0.3, -0.25) is 10.1 Å². The molecular weight excluding hydrogens is 242 g/mol. The van der Waals surface area contributed by atoms with Crippen LogP contribution < -0.4 is 0 Å². The number of nitrogens with zero attached hydrogens (tertiary/aromatic N) is 1. The molecule has 0 amide bonds. The molecule has 4 heteroatoms. The number of hydrogen-bond donors (Lipinski definition) is 0. The highest BCUT2D eigenvalue weighted by Crippen LogP contribution is 2.12. The predicted octanol–water partition coefficient (Wildman–Crippen LogP) is 4.47. The number of benzene rings is 1. The van der Waals surface area contributed by atoms with E-state index >= 15 is 0 Å². The van der Waals surface area contributed by atoms with Crippen molar-refractivity contribution in [3.8, 4) is 0 Å². The van der Waals surface area contributed by atoms with Crippen LogP contribution in [0.25, 0.3) is 0 Å². The highest BCUT2D eigenvalue weighted by atomic mass is 16.6. The Morgan fingerprint density at radius 1 is 1.05 bits per heavy atom. The summed E-state index contributed by atoms with van der Waals surface area (Å²) in [6.07, 6.45) is 7.52. The highest BCUT2D eigenvalue weighted by Gasteiger charge is 2.03. The molecule has 0 fully saturated rings. The van der Waals surface area contributed by atoms with E-state index in [1.54, 1.807) is 12.1 Å². The largest absolute Gasteiger partial charge is 0.377 e. The fourth-order valence-corrected chi connectivity index (χ4v) is 1.89. The zero-order valence-electron chi connectivity index (χ0n) is 11.6. The molecule has 1 aromatic carbocycles. The van der Waals surface area contributed by atoms with Crippen LogP contribution in [0.5, 0.6) is 0 Å². The second-order valence-electron chi connectivity index (χ2n) is 4.74. The maximum absolute atomic E-state index is 10.5. The van der Waals surface area contributed by atoms with Crippen LogP contribution in [0.15, 0.2) is 24.3 Å². The summed E-state index contributed by atoms with van der Waals surface area (Å²) in [4.78, 5) is 10.1. The Hall–Kier alpha value is -1.42. The molecule has 0 aliphatic heterocycles. The van der Waals surface area contributed by atoms with Gasteiger partial charge in [-0.15, -0.1) is 0 Å². The average Bonchev–Trinajstić information content (AvgIpc) is 2.42. The van der Waals surface area contributed by atoms with E-state index in [9.17, 15) is 10.1 Å². The Bertz CT molecular complexity index is 362. The third-order valence-electron chi connectivity index (χ3n) is 3.06. The first kappa shape index (κ1) is 15.6. The molecule has 0 unspecified atom stereocenters. The van der Waals surface area contributed by atoms with Gasteiger partial charge in [0, 0.05) is 18.7 Å². The van der Waals surface area contributed by atoms with E-state index < -0.39 is 0 Å². The first-order chi connectivity index (χ1) is 9.24. The van der Waals surface area contributed by atoms with Crippen molar-refractivity contribution in [1.82, 2.24) is 0 Å². The van der Waals surface area contributed by atoms with Crippen molar-refractivity contribution in [3.05, 3.63) is 39.9 Å².